The number of primary amides is 1. The molecular weight excluding hydrogens is 340 g/mol. The third kappa shape index (κ3) is 3.25. The monoisotopic (exact) mass is 364 g/mol. The number of carbonyl (C=O) groups excluding carboxylic acids is 1. The van der Waals surface area contributed by atoms with Crippen LogP contribution >= 0.6 is 11.6 Å². The molecular formula is C19H25ClN2O3. The average molecular weight is 365 g/mol. The van der Waals surface area contributed by atoms with Crippen molar-refractivity contribution in [1.82, 2.24) is 4.90 Å². The zero-order valence-electron chi connectivity index (χ0n) is 14.4. The van der Waals surface area contributed by atoms with E-state index in [-0.39, 0.29) is 17.6 Å². The average Bonchev–Trinajstić information content (AvgIpc) is 2.62. The van der Waals surface area contributed by atoms with Crippen LogP contribution in [0.1, 0.15) is 43.8 Å². The molecule has 6 heteroatoms. The fraction of sp³-hybridized carbons (Fsp3) is 0.632. The summed E-state index contributed by atoms with van der Waals surface area (Å²) in [6.45, 7) is 3.40. The molecule has 1 aromatic carbocycles. The van der Waals surface area contributed by atoms with Crippen LogP contribution in [0.25, 0.3) is 0 Å². The van der Waals surface area contributed by atoms with E-state index in [0.29, 0.717) is 12.3 Å². The summed E-state index contributed by atoms with van der Waals surface area (Å²) in [5.74, 6) is 1.05. The topological polar surface area (TPSA) is 64.8 Å². The van der Waals surface area contributed by atoms with Gasteiger partial charge < -0.3 is 20.1 Å². The second-order valence-corrected chi connectivity index (χ2v) is 7.88. The summed E-state index contributed by atoms with van der Waals surface area (Å²) in [6, 6.07) is 5.86. The highest BCUT2D eigenvalue weighted by Gasteiger charge is 2.52. The van der Waals surface area contributed by atoms with Crippen molar-refractivity contribution >= 4 is 17.5 Å². The highest BCUT2D eigenvalue weighted by molar-refractivity contribution is 6.30. The third-order valence-electron chi connectivity index (χ3n) is 5.97. The quantitative estimate of drug-likeness (QED) is 0.895. The maximum atomic E-state index is 11.0. The van der Waals surface area contributed by atoms with Crippen molar-refractivity contribution < 1.29 is 14.3 Å². The van der Waals surface area contributed by atoms with Gasteiger partial charge in [0.1, 0.15) is 11.4 Å². The zero-order valence-corrected chi connectivity index (χ0v) is 15.1. The van der Waals surface area contributed by atoms with Gasteiger partial charge >= 0.3 is 0 Å². The molecule has 0 unspecified atom stereocenters. The Bertz CT molecular complexity index is 658. The van der Waals surface area contributed by atoms with Crippen molar-refractivity contribution in [2.24, 2.45) is 11.7 Å². The van der Waals surface area contributed by atoms with Crippen LogP contribution in [-0.2, 0) is 9.53 Å². The molecule has 1 aromatic rings. The van der Waals surface area contributed by atoms with Gasteiger partial charge in [-0.25, -0.2) is 0 Å². The van der Waals surface area contributed by atoms with E-state index >= 15 is 0 Å². The Morgan fingerprint density at radius 1 is 1.36 bits per heavy atom. The molecule has 4 rings (SSSR count). The van der Waals surface area contributed by atoms with Crippen LogP contribution in [0.3, 0.4) is 0 Å². The van der Waals surface area contributed by atoms with E-state index in [0.717, 1.165) is 68.3 Å². The van der Waals surface area contributed by atoms with Crippen LogP contribution in [0.2, 0.25) is 5.02 Å². The Kier molecular flexibility index (Phi) is 4.65. The molecule has 2 atom stereocenters. The SMILES string of the molecule is NC(=O)CCN1CCC2(CC1)Oc1ccc(Cl)cc1[C@H]1OCCC[C@@H]12. The highest BCUT2D eigenvalue weighted by Crippen LogP contribution is 2.53. The maximum absolute atomic E-state index is 11.0. The van der Waals surface area contributed by atoms with Gasteiger partial charge in [0, 0.05) is 62.0 Å². The lowest BCUT2D eigenvalue weighted by atomic mass is 9.70. The molecule has 25 heavy (non-hydrogen) atoms. The van der Waals surface area contributed by atoms with Gasteiger partial charge in [-0.1, -0.05) is 11.6 Å². The largest absolute Gasteiger partial charge is 0.486 e. The number of fused-ring (bicyclic) bond motifs is 4. The highest BCUT2D eigenvalue weighted by atomic mass is 35.5. The first-order valence-corrected chi connectivity index (χ1v) is 9.56. The van der Waals surface area contributed by atoms with Gasteiger partial charge in [0.05, 0.1) is 6.10 Å². The normalized spacial score (nSPS) is 28.0. The van der Waals surface area contributed by atoms with Crippen molar-refractivity contribution in [3.63, 3.8) is 0 Å². The minimum Gasteiger partial charge on any atom is -0.486 e. The van der Waals surface area contributed by atoms with E-state index in [1.165, 1.54) is 0 Å². The summed E-state index contributed by atoms with van der Waals surface area (Å²) in [7, 11) is 0. The Balaban J connectivity index is 1.56. The Morgan fingerprint density at radius 3 is 2.92 bits per heavy atom. The molecule has 2 N–H and O–H groups in total. The fourth-order valence-electron chi connectivity index (χ4n) is 4.65. The summed E-state index contributed by atoms with van der Waals surface area (Å²) < 4.78 is 12.8. The number of hydrogen-bond donors (Lipinski definition) is 1. The van der Waals surface area contributed by atoms with Crippen molar-refractivity contribution in [1.29, 1.82) is 0 Å². The molecule has 136 valence electrons. The number of ether oxygens (including phenoxy) is 2. The molecule has 0 bridgehead atoms. The van der Waals surface area contributed by atoms with Crippen LogP contribution in [-0.4, -0.2) is 42.6 Å². The predicted molar refractivity (Wildman–Crippen MR) is 95.7 cm³/mol. The molecule has 0 radical (unpaired) electrons. The summed E-state index contributed by atoms with van der Waals surface area (Å²) in [5.41, 5.74) is 6.21. The summed E-state index contributed by atoms with van der Waals surface area (Å²) in [4.78, 5) is 13.3. The van der Waals surface area contributed by atoms with Crippen molar-refractivity contribution in [2.75, 3.05) is 26.2 Å². The number of hydrogen-bond acceptors (Lipinski definition) is 4. The fourth-order valence-corrected chi connectivity index (χ4v) is 4.83. The first-order chi connectivity index (χ1) is 12.1. The van der Waals surface area contributed by atoms with Gasteiger partial charge in [-0.15, -0.1) is 0 Å². The van der Waals surface area contributed by atoms with Crippen molar-refractivity contribution in [3.05, 3.63) is 28.8 Å². The van der Waals surface area contributed by atoms with Crippen LogP contribution in [0, 0.1) is 5.92 Å². The van der Waals surface area contributed by atoms with Crippen LogP contribution in [0.5, 0.6) is 5.75 Å². The molecule has 3 aliphatic heterocycles. The summed E-state index contributed by atoms with van der Waals surface area (Å²) in [6.07, 6.45) is 4.61. The maximum Gasteiger partial charge on any atom is 0.218 e. The van der Waals surface area contributed by atoms with E-state index in [4.69, 9.17) is 26.8 Å². The number of benzene rings is 1. The molecule has 2 saturated heterocycles. The molecule has 0 aromatic heterocycles. The summed E-state index contributed by atoms with van der Waals surface area (Å²) >= 11 is 6.21. The molecule has 0 saturated carbocycles. The molecule has 3 aliphatic rings. The van der Waals surface area contributed by atoms with E-state index in [2.05, 4.69) is 4.90 Å². The number of nitrogens with two attached hydrogens (primary N) is 1. The lowest BCUT2D eigenvalue weighted by Crippen LogP contribution is -2.57. The smallest absolute Gasteiger partial charge is 0.218 e. The molecule has 3 heterocycles. The van der Waals surface area contributed by atoms with Crippen molar-refractivity contribution in [2.45, 2.75) is 43.8 Å². The zero-order chi connectivity index (χ0) is 17.4. The number of carbonyl (C=O) groups is 1. The number of nitrogens with zero attached hydrogens (tertiary/aromatic N) is 1. The number of halogens is 1. The van der Waals surface area contributed by atoms with Crippen LogP contribution < -0.4 is 10.5 Å². The second kappa shape index (κ2) is 6.78. The van der Waals surface area contributed by atoms with E-state index in [9.17, 15) is 4.79 Å². The van der Waals surface area contributed by atoms with Gasteiger partial charge in [0.15, 0.2) is 0 Å². The molecule has 5 nitrogen and oxygen atoms in total. The van der Waals surface area contributed by atoms with E-state index in [1.807, 2.05) is 18.2 Å². The second-order valence-electron chi connectivity index (χ2n) is 7.45. The number of likely N-dealkylation sites (tertiary alicyclic amines) is 1. The minimum absolute atomic E-state index is 0.0772. The van der Waals surface area contributed by atoms with E-state index in [1.54, 1.807) is 0 Å². The molecule has 0 aliphatic carbocycles. The minimum atomic E-state index is -0.235. The van der Waals surface area contributed by atoms with Crippen LogP contribution in [0.4, 0.5) is 0 Å². The van der Waals surface area contributed by atoms with Gasteiger partial charge in [0.25, 0.3) is 0 Å². The molecule has 1 amide bonds. The van der Waals surface area contributed by atoms with Gasteiger partial charge in [-0.2, -0.15) is 0 Å². The van der Waals surface area contributed by atoms with Gasteiger partial charge in [-0.05, 0) is 31.0 Å². The number of piperidine rings is 1. The standard InChI is InChI=1S/C19H25ClN2O3/c20-13-3-4-16-14(12-13)18-15(2-1-11-24-18)19(25-16)6-9-22(10-7-19)8-5-17(21)23/h3-4,12,15,18H,1-2,5-11H2,(H2,21,23)/t15-,18+/m0/s1. The molecule has 2 fully saturated rings. The predicted octanol–water partition coefficient (Wildman–Crippen LogP) is 2.91. The number of rotatable bonds is 3. The summed E-state index contributed by atoms with van der Waals surface area (Å²) in [5, 5.41) is 0.729. The number of amides is 1. The van der Waals surface area contributed by atoms with Gasteiger partial charge in [-0.3, -0.25) is 4.79 Å². The Hall–Kier alpha value is -1.30. The van der Waals surface area contributed by atoms with Crippen molar-refractivity contribution in [3.8, 4) is 5.75 Å². The Labute approximate surface area is 153 Å². The lowest BCUT2D eigenvalue weighted by molar-refractivity contribution is -0.149. The molecule has 1 spiro atoms. The van der Waals surface area contributed by atoms with Gasteiger partial charge in [0.2, 0.25) is 5.91 Å². The Morgan fingerprint density at radius 2 is 2.16 bits per heavy atom. The third-order valence-corrected chi connectivity index (χ3v) is 6.20. The van der Waals surface area contributed by atoms with E-state index < -0.39 is 0 Å². The first-order valence-electron chi connectivity index (χ1n) is 9.18. The lowest BCUT2D eigenvalue weighted by Gasteiger charge is -2.53. The van der Waals surface area contributed by atoms with Crippen LogP contribution in [0.15, 0.2) is 18.2 Å². The first kappa shape index (κ1) is 17.1.